The van der Waals surface area contributed by atoms with Gasteiger partial charge in [-0.2, -0.15) is 5.10 Å². The first-order valence-electron chi connectivity index (χ1n) is 12.1. The summed E-state index contributed by atoms with van der Waals surface area (Å²) in [6.45, 7) is 3.10. The fourth-order valence-electron chi connectivity index (χ4n) is 5.37. The Morgan fingerprint density at radius 3 is 2.28 bits per heavy atom. The zero-order valence-electron chi connectivity index (χ0n) is 20.2. The molecule has 0 atom stereocenters. The molecule has 2 fully saturated rings. The lowest BCUT2D eigenvalue weighted by molar-refractivity contribution is -0.129. The molecule has 5 rings (SSSR count). The summed E-state index contributed by atoms with van der Waals surface area (Å²) >= 11 is 0. The fourth-order valence-corrected chi connectivity index (χ4v) is 5.37. The molecule has 2 heterocycles. The van der Waals surface area contributed by atoms with Gasteiger partial charge in [0, 0.05) is 18.7 Å². The predicted molar refractivity (Wildman–Crippen MR) is 137 cm³/mol. The van der Waals surface area contributed by atoms with Gasteiger partial charge in [-0.05, 0) is 80.3 Å². The molecule has 1 spiro atoms. The van der Waals surface area contributed by atoms with Gasteiger partial charge in [0.15, 0.2) is 0 Å². The van der Waals surface area contributed by atoms with Crippen LogP contribution in [0, 0.1) is 17.3 Å². The number of rotatable bonds is 5. The van der Waals surface area contributed by atoms with Gasteiger partial charge in [0.05, 0.1) is 6.04 Å². The summed E-state index contributed by atoms with van der Waals surface area (Å²) in [5.41, 5.74) is 13.8. The number of benzene rings is 2. The minimum atomic E-state index is -0.601. The molecule has 1 saturated carbocycles. The van der Waals surface area contributed by atoms with Crippen LogP contribution in [0.3, 0.4) is 0 Å². The van der Waals surface area contributed by atoms with Crippen LogP contribution < -0.4 is 16.2 Å². The Kier molecular flexibility index (Phi) is 6.15. The number of nitrogens with two attached hydrogens (primary N) is 2. The molecule has 0 bridgehead atoms. The molecule has 2 aliphatic rings. The zero-order valence-corrected chi connectivity index (χ0v) is 20.2. The molecule has 2 amide bonds. The van der Waals surface area contributed by atoms with E-state index >= 15 is 0 Å². The second kappa shape index (κ2) is 9.42. The molecule has 1 aliphatic carbocycles. The number of amides is 2. The number of para-hydroxylation sites is 1. The van der Waals surface area contributed by atoms with E-state index in [4.69, 9.17) is 21.3 Å². The highest BCUT2D eigenvalue weighted by atomic mass is 16.5. The van der Waals surface area contributed by atoms with Crippen LogP contribution in [-0.4, -0.2) is 39.6 Å². The molecular weight excluding hydrogens is 454 g/mol. The number of carbonyl (C=O) groups excluding carboxylic acids is 2. The lowest BCUT2D eigenvalue weighted by Gasteiger charge is -2.52. The smallest absolute Gasteiger partial charge is 0.298 e. The van der Waals surface area contributed by atoms with Gasteiger partial charge < -0.3 is 21.1 Å². The summed E-state index contributed by atoms with van der Waals surface area (Å²) in [5, 5.41) is 4.75. The van der Waals surface area contributed by atoms with Gasteiger partial charge in [0.2, 0.25) is 0 Å². The van der Waals surface area contributed by atoms with Crippen LogP contribution in [-0.2, 0) is 4.79 Å². The normalized spacial score (nSPS) is 16.6. The first-order chi connectivity index (χ1) is 17.4. The van der Waals surface area contributed by atoms with Crippen molar-refractivity contribution in [1.29, 1.82) is 0 Å². The molecule has 2 aromatic carbocycles. The van der Waals surface area contributed by atoms with Crippen LogP contribution in [0.2, 0.25) is 0 Å². The number of hydrogen-bond acceptors (Lipinski definition) is 5. The van der Waals surface area contributed by atoms with Crippen LogP contribution in [0.25, 0.3) is 11.3 Å². The Bertz CT molecular complexity index is 1340. The summed E-state index contributed by atoms with van der Waals surface area (Å²) in [5.74, 6) is 6.32. The van der Waals surface area contributed by atoms with Crippen molar-refractivity contribution in [1.82, 2.24) is 14.7 Å². The van der Waals surface area contributed by atoms with Gasteiger partial charge in [-0.3, -0.25) is 9.59 Å². The molecular formula is C28H29N5O3. The maximum absolute atomic E-state index is 12.3. The van der Waals surface area contributed by atoms with E-state index in [9.17, 15) is 9.59 Å². The highest BCUT2D eigenvalue weighted by Crippen LogP contribution is 2.55. The number of nitrogens with zero attached hydrogens (tertiary/aromatic N) is 3. The molecule has 36 heavy (non-hydrogen) atoms. The van der Waals surface area contributed by atoms with Crippen LogP contribution in [0.1, 0.15) is 49.0 Å². The quantitative estimate of drug-likeness (QED) is 0.532. The van der Waals surface area contributed by atoms with Crippen molar-refractivity contribution in [3.8, 4) is 34.6 Å². The number of ether oxygens (including phenoxy) is 1. The number of piperidine rings is 1. The second-order valence-electron chi connectivity index (χ2n) is 9.59. The summed E-state index contributed by atoms with van der Waals surface area (Å²) in [6, 6.07) is 17.0. The molecule has 0 radical (unpaired) electrons. The number of carbonyl (C=O) groups is 2. The molecule has 0 unspecified atom stereocenters. The number of anilines is 1. The number of aromatic nitrogens is 2. The molecule has 1 aromatic heterocycles. The van der Waals surface area contributed by atoms with Crippen molar-refractivity contribution in [3.63, 3.8) is 0 Å². The number of hydrogen-bond donors (Lipinski definition) is 2. The maximum Gasteiger partial charge on any atom is 0.298 e. The van der Waals surface area contributed by atoms with Gasteiger partial charge in [0.25, 0.3) is 11.8 Å². The zero-order chi connectivity index (χ0) is 25.3. The summed E-state index contributed by atoms with van der Waals surface area (Å²) < 4.78 is 7.63. The van der Waals surface area contributed by atoms with E-state index in [2.05, 4.69) is 11.8 Å². The van der Waals surface area contributed by atoms with Gasteiger partial charge in [-0.15, -0.1) is 0 Å². The van der Waals surface area contributed by atoms with E-state index < -0.39 is 5.91 Å². The SMILES string of the molecule is CC#CC(=O)N1CCC2(CC1)CC(n1nc(-c3ccc(Oc4ccccc4)cc3)c(C(N)=O)c1N)C2. The Labute approximate surface area is 210 Å². The number of primary amides is 1. The van der Waals surface area contributed by atoms with E-state index in [1.165, 1.54) is 0 Å². The minimum absolute atomic E-state index is 0.0928. The van der Waals surface area contributed by atoms with Crippen molar-refractivity contribution in [3.05, 3.63) is 60.2 Å². The molecule has 8 nitrogen and oxygen atoms in total. The van der Waals surface area contributed by atoms with Crippen LogP contribution in [0.15, 0.2) is 54.6 Å². The minimum Gasteiger partial charge on any atom is -0.457 e. The van der Waals surface area contributed by atoms with Crippen LogP contribution >= 0.6 is 0 Å². The van der Waals surface area contributed by atoms with Crippen molar-refractivity contribution in [2.24, 2.45) is 11.1 Å². The predicted octanol–water partition coefficient (Wildman–Crippen LogP) is 3.99. The molecule has 4 N–H and O–H groups in total. The van der Waals surface area contributed by atoms with E-state index in [0.29, 0.717) is 30.4 Å². The highest BCUT2D eigenvalue weighted by molar-refractivity contribution is 6.03. The lowest BCUT2D eigenvalue weighted by atomic mass is 9.60. The summed E-state index contributed by atoms with van der Waals surface area (Å²) in [6.07, 6.45) is 3.67. The van der Waals surface area contributed by atoms with Crippen molar-refractivity contribution in [2.45, 2.75) is 38.6 Å². The monoisotopic (exact) mass is 483 g/mol. The largest absolute Gasteiger partial charge is 0.457 e. The first kappa shape index (κ1) is 23.5. The number of likely N-dealkylation sites (tertiary alicyclic amines) is 1. The van der Waals surface area contributed by atoms with E-state index in [-0.39, 0.29) is 22.9 Å². The third-order valence-corrected chi connectivity index (χ3v) is 7.33. The van der Waals surface area contributed by atoms with Crippen molar-refractivity contribution >= 4 is 17.6 Å². The van der Waals surface area contributed by atoms with Gasteiger partial charge in [-0.1, -0.05) is 24.1 Å². The molecule has 3 aromatic rings. The lowest BCUT2D eigenvalue weighted by Crippen LogP contribution is -2.49. The van der Waals surface area contributed by atoms with E-state index in [1.807, 2.05) is 59.5 Å². The van der Waals surface area contributed by atoms with Gasteiger partial charge in [-0.25, -0.2) is 4.68 Å². The Balaban J connectivity index is 1.31. The maximum atomic E-state index is 12.3. The molecule has 1 aliphatic heterocycles. The van der Waals surface area contributed by atoms with Crippen LogP contribution in [0.4, 0.5) is 5.82 Å². The highest BCUT2D eigenvalue weighted by Gasteiger charge is 2.48. The van der Waals surface area contributed by atoms with Crippen molar-refractivity contribution in [2.75, 3.05) is 18.8 Å². The second-order valence-corrected chi connectivity index (χ2v) is 9.59. The molecule has 184 valence electrons. The summed E-state index contributed by atoms with van der Waals surface area (Å²) in [7, 11) is 0. The molecule has 1 saturated heterocycles. The van der Waals surface area contributed by atoms with E-state index in [1.54, 1.807) is 11.6 Å². The number of nitrogen functional groups attached to an aromatic ring is 1. The van der Waals surface area contributed by atoms with E-state index in [0.717, 1.165) is 37.0 Å². The van der Waals surface area contributed by atoms with Gasteiger partial charge in [0.1, 0.15) is 28.6 Å². The third kappa shape index (κ3) is 4.40. The standard InChI is InChI=1S/C28H29N5O3/c1-2-6-23(34)32-15-13-28(14-16-32)17-20(18-28)33-26(29)24(27(30)35)25(31-33)19-9-11-22(12-10-19)36-21-7-4-3-5-8-21/h3-5,7-12,20H,13-18,29H2,1H3,(H2,30,35). The molecule has 8 heteroatoms. The van der Waals surface area contributed by atoms with Crippen molar-refractivity contribution < 1.29 is 14.3 Å². The third-order valence-electron chi connectivity index (χ3n) is 7.33. The topological polar surface area (TPSA) is 116 Å². The Morgan fingerprint density at radius 2 is 1.67 bits per heavy atom. The fraction of sp³-hybridized carbons (Fsp3) is 0.321. The van der Waals surface area contributed by atoms with Crippen LogP contribution in [0.5, 0.6) is 11.5 Å². The summed E-state index contributed by atoms with van der Waals surface area (Å²) in [4.78, 5) is 26.2. The average Bonchev–Trinajstić information content (AvgIpc) is 3.21. The Morgan fingerprint density at radius 1 is 1.03 bits per heavy atom. The Hall–Kier alpha value is -4.25. The van der Waals surface area contributed by atoms with Gasteiger partial charge >= 0.3 is 0 Å². The first-order valence-corrected chi connectivity index (χ1v) is 12.1. The average molecular weight is 484 g/mol.